The van der Waals surface area contributed by atoms with E-state index in [1.165, 1.54) is 131 Å². The third-order valence-corrected chi connectivity index (χ3v) is 33.4. The number of benzene rings is 5. The van der Waals surface area contributed by atoms with Crippen molar-refractivity contribution < 1.29 is 101 Å². The Kier molecular flexibility index (Phi) is 43.5. The SMILES string of the molecule is CC(C)Cc1cc(-c2[c-]ccc(C(C)(C)C)c2)ncc1[Si](C)(C)C.CC(C)c1cc(-c2[c-]ccc(C(C)(C)C)c2)ncc1[Si](C)(C)C.Cc1cc(-c2[c-]ccc(C(C)(C)C)c2)ncc1[Si](C)(C)C.Cc1ccc[c-]c1-c1cc(CC2CCCC2)c([Si](C)(C)C)cn1.Cc1ccc[c-]c1-c1cc(CC2CCCCC2)c([Si](C)(C)C)cn1.[Ir].[Ir].[Ir].[Ir].[Ir]. The first-order chi connectivity index (χ1) is 53.5. The molecule has 5 heterocycles. The minimum Gasteiger partial charge on any atom is -0.305 e. The molecule has 0 amide bonds. The summed E-state index contributed by atoms with van der Waals surface area (Å²) in [5.41, 5.74) is 25.2. The first-order valence-electron chi connectivity index (χ1n) is 43.5. The summed E-state index contributed by atoms with van der Waals surface area (Å²) in [7, 11) is -6.81. The summed E-state index contributed by atoms with van der Waals surface area (Å²) in [6.07, 6.45) is 27.0. The number of hydrogen-bond donors (Lipinski definition) is 0. The second-order valence-corrected chi connectivity index (χ2v) is 67.7. The van der Waals surface area contributed by atoms with E-state index < -0.39 is 40.4 Å². The van der Waals surface area contributed by atoms with Crippen molar-refractivity contribution in [3.8, 4) is 56.3 Å². The van der Waals surface area contributed by atoms with Gasteiger partial charge in [-0.2, -0.15) is 0 Å². The van der Waals surface area contributed by atoms with Gasteiger partial charge in [0.1, 0.15) is 0 Å². The van der Waals surface area contributed by atoms with Crippen LogP contribution in [0.15, 0.2) is 152 Å². The molecule has 2 fully saturated rings. The predicted octanol–water partition coefficient (Wildman–Crippen LogP) is 26.5. The van der Waals surface area contributed by atoms with Crippen LogP contribution in [0.1, 0.15) is 209 Å². The van der Waals surface area contributed by atoms with Crippen molar-refractivity contribution in [1.29, 1.82) is 0 Å². The largest absolute Gasteiger partial charge is 0.305 e. The van der Waals surface area contributed by atoms with E-state index in [0.717, 1.165) is 74.5 Å². The van der Waals surface area contributed by atoms with Crippen LogP contribution in [-0.4, -0.2) is 65.3 Å². The van der Waals surface area contributed by atoms with Crippen LogP contribution >= 0.6 is 0 Å². The number of pyridine rings is 5. The summed E-state index contributed by atoms with van der Waals surface area (Å²) in [6.45, 7) is 71.9. The maximum Gasteiger partial charge on any atom is 0.0799 e. The van der Waals surface area contributed by atoms with Crippen LogP contribution in [0.4, 0.5) is 0 Å². The first kappa shape index (κ1) is 110. The summed E-state index contributed by atoms with van der Waals surface area (Å²) in [5.74, 6) is 2.91. The summed E-state index contributed by atoms with van der Waals surface area (Å²) < 4.78 is 0. The van der Waals surface area contributed by atoms with E-state index in [0.29, 0.717) is 11.8 Å². The van der Waals surface area contributed by atoms with Gasteiger partial charge in [0.25, 0.3) is 0 Å². The molecule has 0 spiro atoms. The Morgan fingerprint density at radius 1 is 0.333 bits per heavy atom. The van der Waals surface area contributed by atoms with Gasteiger partial charge in [0.2, 0.25) is 0 Å². The number of aromatic nitrogens is 5. The summed E-state index contributed by atoms with van der Waals surface area (Å²) >= 11 is 0. The van der Waals surface area contributed by atoms with Crippen LogP contribution < -0.4 is 25.9 Å². The first-order valence-corrected chi connectivity index (χ1v) is 61.0. The average Bonchev–Trinajstić information content (AvgIpc) is 0.919. The molecule has 2 saturated carbocycles. The van der Waals surface area contributed by atoms with Gasteiger partial charge in [-0.15, -0.1) is 177 Å². The number of hydrogen-bond acceptors (Lipinski definition) is 5. The maximum absolute atomic E-state index is 4.83. The fraction of sp³-hybridized carbons (Fsp3) is 0.476. The van der Waals surface area contributed by atoms with E-state index in [2.05, 4.69) is 361 Å². The standard InChI is InChI=1S/C22H30NSi.C22H32NSi.C21H28NSi.C21H30NSi.C19H26NSi.5Ir/c1-17-10-8-9-13-20(17)21-15-19(14-18-11-6-5-7-12-18)22(16-23-21)24(2,3)4;1-16(2)12-18-14-20(23-15-21(18)24(6,7)8)17-10-9-11-19(13-17)22(3,4)5;1-16-9-5-8-12-19(16)20-14-18(13-17-10-6-7-11-17)21(15-22-20)23(2,3)4;1-15(2)18-13-19(22-14-20(18)23(6,7)8)16-10-9-11-17(12-16)21(3,4)5;1-14-11-17(20-13-18(14)21(5,6)7)15-9-8-10-16(12-15)19(2,3)4;;;;;/h8-10,15-16,18H,5-7,11-12,14H2,1-4H3;9,11,13-16H,12H2,1-8H3;5,8-9,14-15,17H,6-7,10-11,13H2,1-4H3;9,11-15H,1-8H3;8,10-13H,1-7H3;;;;;/q5*-1;;;;;. The van der Waals surface area contributed by atoms with Gasteiger partial charge in [0.15, 0.2) is 0 Å². The zero-order valence-corrected chi connectivity index (χ0v) is 96.1. The molecule has 0 N–H and O–H groups in total. The molecule has 10 aromatic rings. The van der Waals surface area contributed by atoms with E-state index in [9.17, 15) is 0 Å². The van der Waals surface area contributed by atoms with Crippen molar-refractivity contribution in [1.82, 2.24) is 24.9 Å². The maximum atomic E-state index is 4.83. The third kappa shape index (κ3) is 32.5. The quantitative estimate of drug-likeness (QED) is 0.0671. The molecule has 12 rings (SSSR count). The van der Waals surface area contributed by atoms with Gasteiger partial charge in [-0.05, 0) is 121 Å². The molecule has 0 saturated heterocycles. The van der Waals surface area contributed by atoms with Gasteiger partial charge < -0.3 is 24.9 Å². The molecule has 15 heteroatoms. The van der Waals surface area contributed by atoms with Gasteiger partial charge in [-0.3, -0.25) is 0 Å². The monoisotopic (exact) mass is 2580 g/mol. The molecule has 0 aliphatic heterocycles. The number of rotatable bonds is 17. The zero-order valence-electron chi connectivity index (χ0n) is 79.1. The molecule has 120 heavy (non-hydrogen) atoms. The van der Waals surface area contributed by atoms with Crippen LogP contribution in [0.5, 0.6) is 0 Å². The van der Waals surface area contributed by atoms with Crippen molar-refractivity contribution >= 4 is 66.3 Å². The molecule has 5 radical (unpaired) electrons. The molecule has 5 nitrogen and oxygen atoms in total. The third-order valence-electron chi connectivity index (χ3n) is 23.0. The van der Waals surface area contributed by atoms with Gasteiger partial charge in [0.05, 0.1) is 40.4 Å². The fourth-order valence-electron chi connectivity index (χ4n) is 16.2. The number of aryl methyl sites for hydroxylation is 3. The normalized spacial score (nSPS) is 13.5. The van der Waals surface area contributed by atoms with Crippen molar-refractivity contribution in [3.63, 3.8) is 0 Å². The Bertz CT molecular complexity index is 4850. The van der Waals surface area contributed by atoms with E-state index in [-0.39, 0.29) is 117 Å². The Hall–Kier alpha value is -3.82. The molecule has 5 aromatic heterocycles. The summed E-state index contributed by atoms with van der Waals surface area (Å²) in [5, 5.41) is 7.50. The van der Waals surface area contributed by atoms with Gasteiger partial charge >= 0.3 is 0 Å². The Labute approximate surface area is 804 Å². The van der Waals surface area contributed by atoms with Crippen LogP contribution in [0, 0.1) is 68.9 Å². The molecule has 5 aromatic carbocycles. The molecule has 0 unspecified atom stereocenters. The molecule has 2 aliphatic carbocycles. The Morgan fingerprint density at radius 2 is 0.633 bits per heavy atom. The molecular weight excluding hydrogens is 2430 g/mol. The van der Waals surface area contributed by atoms with Crippen LogP contribution in [0.3, 0.4) is 0 Å². The van der Waals surface area contributed by atoms with E-state index in [4.69, 9.17) is 24.9 Å². The second kappa shape index (κ2) is 47.3. The van der Waals surface area contributed by atoms with Crippen molar-refractivity contribution in [2.75, 3.05) is 0 Å². The van der Waals surface area contributed by atoms with Crippen molar-refractivity contribution in [3.05, 3.63) is 238 Å². The van der Waals surface area contributed by atoms with Crippen LogP contribution in [0.25, 0.3) is 56.3 Å². The van der Waals surface area contributed by atoms with E-state index in [1.54, 1.807) is 21.5 Å². The van der Waals surface area contributed by atoms with Gasteiger partial charge in [-0.1, -0.05) is 318 Å². The predicted molar refractivity (Wildman–Crippen MR) is 516 cm³/mol. The van der Waals surface area contributed by atoms with E-state index >= 15 is 0 Å². The topological polar surface area (TPSA) is 64.5 Å². The summed E-state index contributed by atoms with van der Waals surface area (Å²) in [4.78, 5) is 23.9. The average molecular weight is 2580 g/mol. The van der Waals surface area contributed by atoms with Gasteiger partial charge in [-0.25, -0.2) is 0 Å². The second-order valence-electron chi connectivity index (χ2n) is 42.5. The van der Waals surface area contributed by atoms with Crippen molar-refractivity contribution in [2.45, 2.75) is 308 Å². The summed E-state index contributed by atoms with van der Waals surface area (Å²) in [6, 6.07) is 60.0. The molecule has 0 bridgehead atoms. The van der Waals surface area contributed by atoms with E-state index in [1.807, 2.05) is 30.3 Å². The Balaban J connectivity index is 0.000000384. The van der Waals surface area contributed by atoms with Crippen LogP contribution in [-0.2, 0) is 136 Å². The molecule has 2 aliphatic rings. The van der Waals surface area contributed by atoms with Crippen molar-refractivity contribution in [2.24, 2.45) is 17.8 Å². The zero-order chi connectivity index (χ0) is 85.0. The minimum atomic E-state index is -1.38. The minimum absolute atomic E-state index is 0. The van der Waals surface area contributed by atoms with Gasteiger partial charge in [0, 0.05) is 132 Å². The Morgan fingerprint density at radius 3 is 0.950 bits per heavy atom. The molecular formula is C105H146Ir5N5Si5-5. The fourth-order valence-corrected chi connectivity index (χ4v) is 24.3. The van der Waals surface area contributed by atoms with Crippen LogP contribution in [0.2, 0.25) is 98.2 Å². The smallest absolute Gasteiger partial charge is 0.0799 e. The molecule has 661 valence electrons. The number of nitrogens with zero attached hydrogens (tertiary/aromatic N) is 5. The molecule has 0 atom stereocenters.